The van der Waals surface area contributed by atoms with Crippen LogP contribution < -0.4 is 10.6 Å². The van der Waals surface area contributed by atoms with E-state index in [1.807, 2.05) is 13.8 Å². The monoisotopic (exact) mass is 461 g/mol. The van der Waals surface area contributed by atoms with Crippen molar-refractivity contribution in [1.29, 1.82) is 0 Å². The number of pyridine rings is 1. The molecule has 0 aromatic carbocycles. The van der Waals surface area contributed by atoms with Gasteiger partial charge in [-0.15, -0.1) is 24.0 Å². The average Bonchev–Trinajstić information content (AvgIpc) is 2.60. The van der Waals surface area contributed by atoms with Gasteiger partial charge in [0.25, 0.3) is 0 Å². The van der Waals surface area contributed by atoms with E-state index < -0.39 is 0 Å². The third kappa shape index (κ3) is 7.55. The summed E-state index contributed by atoms with van der Waals surface area (Å²) in [7, 11) is 0. The molecule has 8 heteroatoms. The van der Waals surface area contributed by atoms with E-state index in [-0.39, 0.29) is 36.4 Å². The molecule has 2 heterocycles. The van der Waals surface area contributed by atoms with Gasteiger partial charge in [-0.1, -0.05) is 0 Å². The van der Waals surface area contributed by atoms with Crippen LogP contribution in [0.4, 0.5) is 5.69 Å². The zero-order valence-electron chi connectivity index (χ0n) is 14.9. The highest BCUT2D eigenvalue weighted by Gasteiger charge is 2.21. The molecule has 0 bridgehead atoms. The van der Waals surface area contributed by atoms with Crippen molar-refractivity contribution >= 4 is 41.5 Å². The van der Waals surface area contributed by atoms with Crippen molar-refractivity contribution < 1.29 is 9.53 Å². The van der Waals surface area contributed by atoms with E-state index in [4.69, 9.17) is 4.74 Å². The molecule has 1 fully saturated rings. The molecule has 2 N–H and O–H groups in total. The number of rotatable bonds is 6. The Hall–Kier alpha value is -1.42. The fourth-order valence-electron chi connectivity index (χ4n) is 2.68. The van der Waals surface area contributed by atoms with Crippen LogP contribution in [0.5, 0.6) is 0 Å². The highest BCUT2D eigenvalue weighted by Crippen LogP contribution is 2.13. The lowest BCUT2D eigenvalue weighted by Gasteiger charge is -2.34. The maximum Gasteiger partial charge on any atom is 0.246 e. The number of aliphatic imine (C=N–C) groups is 1. The fourth-order valence-corrected chi connectivity index (χ4v) is 2.68. The van der Waals surface area contributed by atoms with E-state index >= 15 is 0 Å². The van der Waals surface area contributed by atoms with E-state index in [9.17, 15) is 4.79 Å². The van der Waals surface area contributed by atoms with E-state index in [2.05, 4.69) is 25.5 Å². The Morgan fingerprint density at radius 2 is 2.16 bits per heavy atom. The maximum atomic E-state index is 12.0. The normalized spacial score (nSPS) is 15.4. The zero-order chi connectivity index (χ0) is 17.2. The van der Waals surface area contributed by atoms with Crippen molar-refractivity contribution in [2.24, 2.45) is 4.99 Å². The smallest absolute Gasteiger partial charge is 0.246 e. The van der Waals surface area contributed by atoms with Gasteiger partial charge in [0, 0.05) is 32.4 Å². The Bertz CT molecular complexity index is 533. The quantitative estimate of drug-likeness (QED) is 0.386. The van der Waals surface area contributed by atoms with Crippen LogP contribution in [-0.4, -0.2) is 60.6 Å². The summed E-state index contributed by atoms with van der Waals surface area (Å²) in [4.78, 5) is 22.7. The topological polar surface area (TPSA) is 78.8 Å². The summed E-state index contributed by atoms with van der Waals surface area (Å²) in [6.07, 6.45) is 5.59. The molecular formula is C17H28IN5O2. The molecule has 2 rings (SSSR count). The number of ether oxygens (including phenoxy) is 1. The summed E-state index contributed by atoms with van der Waals surface area (Å²) in [6, 6.07) is 3.59. The van der Waals surface area contributed by atoms with E-state index in [1.54, 1.807) is 24.5 Å². The van der Waals surface area contributed by atoms with Gasteiger partial charge in [0.2, 0.25) is 5.91 Å². The number of carbonyl (C=O) groups is 1. The molecule has 0 aliphatic carbocycles. The molecule has 0 saturated carbocycles. The first kappa shape index (κ1) is 21.6. The Morgan fingerprint density at radius 3 is 2.76 bits per heavy atom. The molecule has 25 heavy (non-hydrogen) atoms. The first-order valence-corrected chi connectivity index (χ1v) is 8.57. The number of nitrogens with zero attached hydrogens (tertiary/aromatic N) is 3. The number of hydrogen-bond donors (Lipinski definition) is 2. The Morgan fingerprint density at radius 1 is 1.40 bits per heavy atom. The van der Waals surface area contributed by atoms with Gasteiger partial charge in [0.15, 0.2) is 5.96 Å². The minimum Gasteiger partial charge on any atom is -0.378 e. The largest absolute Gasteiger partial charge is 0.378 e. The van der Waals surface area contributed by atoms with Crippen molar-refractivity contribution in [2.75, 3.05) is 38.1 Å². The van der Waals surface area contributed by atoms with Crippen LogP contribution >= 0.6 is 24.0 Å². The van der Waals surface area contributed by atoms with Crippen molar-refractivity contribution in [2.45, 2.75) is 32.8 Å². The summed E-state index contributed by atoms with van der Waals surface area (Å²) in [5, 5.41) is 6.05. The summed E-state index contributed by atoms with van der Waals surface area (Å²) in [5.41, 5.74) is 0.681. The average molecular weight is 461 g/mol. The van der Waals surface area contributed by atoms with Gasteiger partial charge in [-0.3, -0.25) is 9.78 Å². The van der Waals surface area contributed by atoms with Crippen LogP contribution in [0.1, 0.15) is 26.7 Å². The number of hydrogen-bond acceptors (Lipinski definition) is 4. The number of aromatic nitrogens is 1. The Labute approximate surface area is 166 Å². The lowest BCUT2D eigenvalue weighted by molar-refractivity contribution is -0.114. The molecular weight excluding hydrogens is 433 g/mol. The van der Waals surface area contributed by atoms with Gasteiger partial charge in [0.05, 0.1) is 18.0 Å². The fraction of sp³-hybridized carbons (Fsp3) is 0.588. The minimum absolute atomic E-state index is 0. The van der Waals surface area contributed by atoms with Crippen LogP contribution in [0, 0.1) is 0 Å². The van der Waals surface area contributed by atoms with Gasteiger partial charge in [0.1, 0.15) is 6.54 Å². The van der Waals surface area contributed by atoms with Crippen LogP contribution in [-0.2, 0) is 9.53 Å². The van der Waals surface area contributed by atoms with Crippen LogP contribution in [0.25, 0.3) is 0 Å². The molecule has 0 atom stereocenters. The maximum absolute atomic E-state index is 12.0. The van der Waals surface area contributed by atoms with Gasteiger partial charge in [-0.2, -0.15) is 0 Å². The second-order valence-corrected chi connectivity index (χ2v) is 5.60. The second-order valence-electron chi connectivity index (χ2n) is 5.60. The number of piperidine rings is 1. The molecule has 0 radical (unpaired) electrons. The predicted molar refractivity (Wildman–Crippen MR) is 110 cm³/mol. The number of halogens is 1. The molecule has 1 amide bonds. The zero-order valence-corrected chi connectivity index (χ0v) is 17.2. The number of carbonyl (C=O) groups excluding carboxylic acids is 1. The number of amides is 1. The Balaban J connectivity index is 0.00000312. The standard InChI is InChI=1S/C17H27N5O2.HI/c1-3-19-17(22-10-7-15(8-11-22)24-4-2)20-13-16(23)21-14-6-5-9-18-12-14;/h5-6,9,12,15H,3-4,7-8,10-11,13H2,1-2H3,(H,19,20)(H,21,23);1H. The number of anilines is 1. The van der Waals surface area contributed by atoms with Gasteiger partial charge in [-0.05, 0) is 38.8 Å². The molecule has 1 aromatic heterocycles. The second kappa shape index (κ2) is 12.0. The highest BCUT2D eigenvalue weighted by atomic mass is 127. The molecule has 1 aliphatic rings. The van der Waals surface area contributed by atoms with Crippen molar-refractivity contribution in [3.63, 3.8) is 0 Å². The van der Waals surface area contributed by atoms with Crippen LogP contribution in [0.2, 0.25) is 0 Å². The minimum atomic E-state index is -0.150. The first-order valence-electron chi connectivity index (χ1n) is 8.57. The highest BCUT2D eigenvalue weighted by molar-refractivity contribution is 14.0. The molecule has 0 spiro atoms. The van der Waals surface area contributed by atoms with Gasteiger partial charge >= 0.3 is 0 Å². The number of likely N-dealkylation sites (tertiary alicyclic amines) is 1. The van der Waals surface area contributed by atoms with Crippen molar-refractivity contribution in [3.8, 4) is 0 Å². The molecule has 0 unspecified atom stereocenters. The van der Waals surface area contributed by atoms with E-state index in [1.165, 1.54) is 0 Å². The molecule has 1 saturated heterocycles. The number of nitrogens with one attached hydrogen (secondary N) is 2. The van der Waals surface area contributed by atoms with Crippen molar-refractivity contribution in [3.05, 3.63) is 24.5 Å². The lowest BCUT2D eigenvalue weighted by atomic mass is 10.1. The summed E-state index contributed by atoms with van der Waals surface area (Å²) in [6.45, 7) is 7.45. The van der Waals surface area contributed by atoms with Crippen molar-refractivity contribution in [1.82, 2.24) is 15.2 Å². The van der Waals surface area contributed by atoms with Crippen LogP contribution in [0.15, 0.2) is 29.5 Å². The van der Waals surface area contributed by atoms with E-state index in [0.29, 0.717) is 11.8 Å². The number of guanidine groups is 1. The van der Waals surface area contributed by atoms with E-state index in [0.717, 1.165) is 45.0 Å². The van der Waals surface area contributed by atoms with Gasteiger partial charge in [-0.25, -0.2) is 4.99 Å². The summed E-state index contributed by atoms with van der Waals surface area (Å²) >= 11 is 0. The SMILES string of the molecule is CCNC(=NCC(=O)Nc1cccnc1)N1CCC(OCC)CC1.I. The molecule has 140 valence electrons. The lowest BCUT2D eigenvalue weighted by Crippen LogP contribution is -2.47. The molecule has 1 aliphatic heterocycles. The van der Waals surface area contributed by atoms with Crippen LogP contribution in [0.3, 0.4) is 0 Å². The first-order chi connectivity index (χ1) is 11.7. The van der Waals surface area contributed by atoms with Gasteiger partial charge < -0.3 is 20.3 Å². The summed E-state index contributed by atoms with van der Waals surface area (Å²) < 4.78 is 5.68. The third-order valence-corrected chi connectivity index (χ3v) is 3.80. The molecule has 1 aromatic rings. The Kier molecular flexibility index (Phi) is 10.4. The molecule has 7 nitrogen and oxygen atoms in total. The third-order valence-electron chi connectivity index (χ3n) is 3.80. The summed E-state index contributed by atoms with van der Waals surface area (Å²) in [5.74, 6) is 0.636. The predicted octanol–water partition coefficient (Wildman–Crippen LogP) is 2.10.